The number of amides is 1. The van der Waals surface area contributed by atoms with Crippen molar-refractivity contribution in [2.24, 2.45) is 7.05 Å². The van der Waals surface area contributed by atoms with Gasteiger partial charge in [0.05, 0.1) is 17.1 Å². The molecule has 0 aliphatic carbocycles. The van der Waals surface area contributed by atoms with Crippen molar-refractivity contribution in [3.05, 3.63) is 29.6 Å². The number of hydrogen-bond donors (Lipinski definition) is 1. The summed E-state index contributed by atoms with van der Waals surface area (Å²) < 4.78 is 2.09. The Kier molecular flexibility index (Phi) is 5.19. The van der Waals surface area contributed by atoms with Crippen LogP contribution in [-0.4, -0.2) is 64.0 Å². The van der Waals surface area contributed by atoms with Crippen molar-refractivity contribution in [1.29, 1.82) is 0 Å². The molecule has 0 bridgehead atoms. The summed E-state index contributed by atoms with van der Waals surface area (Å²) in [6, 6.07) is 6.88. The van der Waals surface area contributed by atoms with E-state index in [1.807, 2.05) is 14.0 Å². The fraction of sp³-hybridized carbons (Fsp3) is 0.619. The van der Waals surface area contributed by atoms with Gasteiger partial charge in [-0.2, -0.15) is 0 Å². The number of carbonyl (C=O) groups is 1. The molecule has 0 radical (unpaired) electrons. The Bertz CT molecular complexity index is 821. The number of rotatable bonds is 4. The highest BCUT2D eigenvalue weighted by Gasteiger charge is 2.36. The molecular formula is C21H31N5O. The second-order valence-corrected chi connectivity index (χ2v) is 8.19. The van der Waals surface area contributed by atoms with Gasteiger partial charge in [0, 0.05) is 19.6 Å². The van der Waals surface area contributed by atoms with Crippen LogP contribution < -0.4 is 5.32 Å². The smallest absolute Gasteiger partial charge is 0.237 e. The van der Waals surface area contributed by atoms with Crippen LogP contribution in [-0.2, 0) is 18.4 Å². The third kappa shape index (κ3) is 3.73. The SMILES string of the molecule is Cc1nc2cc(CNC(=O)[C@@H]3CCCN3C3CCN(C)CC3)ccc2n1C. The lowest BCUT2D eigenvalue weighted by Gasteiger charge is -2.37. The molecule has 6 nitrogen and oxygen atoms in total. The molecule has 27 heavy (non-hydrogen) atoms. The normalized spacial score (nSPS) is 22.6. The fourth-order valence-corrected chi connectivity index (χ4v) is 4.62. The van der Waals surface area contributed by atoms with Crippen LogP contribution in [0.3, 0.4) is 0 Å². The van der Waals surface area contributed by atoms with Crippen LogP contribution in [0.15, 0.2) is 18.2 Å². The van der Waals surface area contributed by atoms with Gasteiger partial charge in [-0.1, -0.05) is 6.07 Å². The summed E-state index contributed by atoms with van der Waals surface area (Å²) >= 11 is 0. The molecule has 2 aromatic rings. The Balaban J connectivity index is 1.38. The van der Waals surface area contributed by atoms with Gasteiger partial charge in [-0.3, -0.25) is 9.69 Å². The van der Waals surface area contributed by atoms with Crippen LogP contribution in [0.1, 0.15) is 37.1 Å². The molecule has 0 spiro atoms. The Morgan fingerprint density at radius 2 is 1.96 bits per heavy atom. The van der Waals surface area contributed by atoms with Crippen LogP contribution in [0.2, 0.25) is 0 Å². The van der Waals surface area contributed by atoms with Gasteiger partial charge in [0.15, 0.2) is 0 Å². The van der Waals surface area contributed by atoms with E-state index in [4.69, 9.17) is 0 Å². The maximum atomic E-state index is 12.9. The maximum Gasteiger partial charge on any atom is 0.237 e. The van der Waals surface area contributed by atoms with Crippen molar-refractivity contribution in [2.45, 2.75) is 51.2 Å². The summed E-state index contributed by atoms with van der Waals surface area (Å²) in [6.07, 6.45) is 4.46. The van der Waals surface area contributed by atoms with E-state index in [9.17, 15) is 4.79 Å². The van der Waals surface area contributed by atoms with Gasteiger partial charge in [-0.05, 0) is 77.0 Å². The lowest BCUT2D eigenvalue weighted by Crippen LogP contribution is -2.50. The van der Waals surface area contributed by atoms with Crippen LogP contribution in [0.4, 0.5) is 0 Å². The Morgan fingerprint density at radius 1 is 1.19 bits per heavy atom. The van der Waals surface area contributed by atoms with Crippen LogP contribution in [0, 0.1) is 6.92 Å². The Morgan fingerprint density at radius 3 is 2.74 bits per heavy atom. The minimum Gasteiger partial charge on any atom is -0.351 e. The molecule has 1 N–H and O–H groups in total. The number of fused-ring (bicyclic) bond motifs is 1. The molecule has 1 amide bonds. The monoisotopic (exact) mass is 369 g/mol. The van der Waals surface area contributed by atoms with E-state index in [2.05, 4.69) is 49.9 Å². The number of likely N-dealkylation sites (tertiary alicyclic amines) is 2. The first-order valence-electron chi connectivity index (χ1n) is 10.2. The van der Waals surface area contributed by atoms with E-state index in [0.717, 1.165) is 54.9 Å². The predicted molar refractivity (Wildman–Crippen MR) is 108 cm³/mol. The molecule has 2 saturated heterocycles. The standard InChI is InChI=1S/C21H31N5O/c1-15-23-18-13-16(6-7-19(18)25(15)3)14-22-21(27)20-5-4-10-26(20)17-8-11-24(2)12-9-17/h6-7,13,17,20H,4-5,8-12,14H2,1-3H3,(H,22,27)/t20-/m0/s1. The Hall–Kier alpha value is -1.92. The quantitative estimate of drug-likeness (QED) is 0.896. The number of benzene rings is 1. The van der Waals surface area contributed by atoms with Crippen molar-refractivity contribution in [3.63, 3.8) is 0 Å². The number of piperidine rings is 1. The van der Waals surface area contributed by atoms with Gasteiger partial charge in [-0.25, -0.2) is 4.98 Å². The van der Waals surface area contributed by atoms with Crippen LogP contribution in [0.5, 0.6) is 0 Å². The average Bonchev–Trinajstić information content (AvgIpc) is 3.26. The zero-order valence-corrected chi connectivity index (χ0v) is 16.7. The molecule has 2 aliphatic heterocycles. The number of aromatic nitrogens is 2. The van der Waals surface area contributed by atoms with Crippen LogP contribution in [0.25, 0.3) is 11.0 Å². The molecular weight excluding hydrogens is 338 g/mol. The first-order chi connectivity index (χ1) is 13.0. The largest absolute Gasteiger partial charge is 0.351 e. The number of aryl methyl sites for hydroxylation is 2. The topological polar surface area (TPSA) is 53.4 Å². The molecule has 0 saturated carbocycles. The minimum absolute atomic E-state index is 0.0410. The highest BCUT2D eigenvalue weighted by molar-refractivity contribution is 5.82. The zero-order valence-electron chi connectivity index (χ0n) is 16.7. The van der Waals surface area contributed by atoms with E-state index in [1.54, 1.807) is 0 Å². The van der Waals surface area contributed by atoms with Crippen LogP contribution >= 0.6 is 0 Å². The summed E-state index contributed by atoms with van der Waals surface area (Å²) in [5, 5.41) is 3.18. The lowest BCUT2D eigenvalue weighted by atomic mass is 10.0. The molecule has 4 rings (SSSR count). The number of carbonyl (C=O) groups excluding carboxylic acids is 1. The summed E-state index contributed by atoms with van der Waals surface area (Å²) in [7, 11) is 4.22. The number of nitrogens with zero attached hydrogens (tertiary/aromatic N) is 4. The first-order valence-corrected chi connectivity index (χ1v) is 10.2. The third-order valence-electron chi connectivity index (χ3n) is 6.39. The molecule has 1 aromatic heterocycles. The predicted octanol–water partition coefficient (Wildman–Crippen LogP) is 2.06. The molecule has 1 aromatic carbocycles. The molecule has 146 valence electrons. The third-order valence-corrected chi connectivity index (χ3v) is 6.39. The Labute approximate surface area is 161 Å². The maximum absolute atomic E-state index is 12.9. The minimum atomic E-state index is 0.0410. The number of imidazole rings is 1. The van der Waals surface area contributed by atoms with E-state index in [-0.39, 0.29) is 11.9 Å². The van der Waals surface area contributed by atoms with Gasteiger partial charge < -0.3 is 14.8 Å². The van der Waals surface area contributed by atoms with E-state index >= 15 is 0 Å². The second kappa shape index (κ2) is 7.60. The van der Waals surface area contributed by atoms with Crippen molar-refractivity contribution in [3.8, 4) is 0 Å². The summed E-state index contributed by atoms with van der Waals surface area (Å²) in [4.78, 5) is 22.3. The molecule has 0 unspecified atom stereocenters. The van der Waals surface area contributed by atoms with Gasteiger partial charge >= 0.3 is 0 Å². The van der Waals surface area contributed by atoms with Gasteiger partial charge in [0.2, 0.25) is 5.91 Å². The van der Waals surface area contributed by atoms with E-state index in [1.165, 1.54) is 12.8 Å². The van der Waals surface area contributed by atoms with Gasteiger partial charge in [0.1, 0.15) is 5.82 Å². The highest BCUT2D eigenvalue weighted by atomic mass is 16.2. The molecule has 2 aliphatic rings. The fourth-order valence-electron chi connectivity index (χ4n) is 4.62. The van der Waals surface area contributed by atoms with Gasteiger partial charge in [-0.15, -0.1) is 0 Å². The summed E-state index contributed by atoms with van der Waals surface area (Å²) in [5.74, 6) is 1.19. The highest BCUT2D eigenvalue weighted by Crippen LogP contribution is 2.26. The summed E-state index contributed by atoms with van der Waals surface area (Å²) in [6.45, 7) is 5.92. The molecule has 1 atom stereocenters. The first kappa shape index (κ1) is 18.4. The van der Waals surface area contributed by atoms with Gasteiger partial charge in [0.25, 0.3) is 0 Å². The molecule has 6 heteroatoms. The molecule has 2 fully saturated rings. The van der Waals surface area contributed by atoms with Crippen molar-refractivity contribution in [1.82, 2.24) is 24.7 Å². The van der Waals surface area contributed by atoms with Crippen molar-refractivity contribution >= 4 is 16.9 Å². The number of nitrogens with one attached hydrogen (secondary N) is 1. The summed E-state index contributed by atoms with van der Waals surface area (Å²) in [5.41, 5.74) is 3.24. The van der Waals surface area contributed by atoms with E-state index < -0.39 is 0 Å². The average molecular weight is 370 g/mol. The van der Waals surface area contributed by atoms with E-state index in [0.29, 0.717) is 12.6 Å². The zero-order chi connectivity index (χ0) is 19.0. The second-order valence-electron chi connectivity index (χ2n) is 8.19. The molecule has 3 heterocycles. The van der Waals surface area contributed by atoms with Crippen molar-refractivity contribution < 1.29 is 4.79 Å². The lowest BCUT2D eigenvalue weighted by molar-refractivity contribution is -0.126. The van der Waals surface area contributed by atoms with Crippen molar-refractivity contribution in [2.75, 3.05) is 26.7 Å². The number of hydrogen-bond acceptors (Lipinski definition) is 4.